The van der Waals surface area contributed by atoms with E-state index >= 15 is 0 Å². The van der Waals surface area contributed by atoms with Crippen LogP contribution in [-0.2, 0) is 9.47 Å². The molecule has 0 aromatic rings. The van der Waals surface area contributed by atoms with Gasteiger partial charge in [0.2, 0.25) is 0 Å². The van der Waals surface area contributed by atoms with Gasteiger partial charge in [0.05, 0.1) is 27.2 Å². The first-order chi connectivity index (χ1) is 7.12. The Morgan fingerprint density at radius 2 is 1.33 bits per heavy atom. The average molecular weight is 220 g/mol. The van der Waals surface area contributed by atoms with E-state index in [2.05, 4.69) is 14.1 Å². The second kappa shape index (κ2) is 12.0. The number of hydrogen-bond acceptors (Lipinski definition) is 2. The first kappa shape index (κ1) is 17.3. The predicted molar refractivity (Wildman–Crippen MR) is 66.2 cm³/mol. The van der Waals surface area contributed by atoms with Crippen molar-refractivity contribution in [3.63, 3.8) is 0 Å². The molecule has 0 saturated carbocycles. The predicted octanol–water partition coefficient (Wildman–Crippen LogP) is 2.16. The number of nitrogens with zero attached hydrogens (tertiary/aromatic N) is 1. The quantitative estimate of drug-likeness (QED) is 0.461. The Hall–Kier alpha value is -0.120. The summed E-state index contributed by atoms with van der Waals surface area (Å²) in [7, 11) is 7.99. The molecule has 0 unspecified atom stereocenters. The highest BCUT2D eigenvalue weighted by molar-refractivity contribution is 4.39. The minimum Gasteiger partial charge on any atom is -0.385 e. The zero-order valence-corrected chi connectivity index (χ0v) is 11.5. The van der Waals surface area contributed by atoms with E-state index in [1.165, 1.54) is 13.0 Å². The van der Waals surface area contributed by atoms with Gasteiger partial charge in [-0.3, -0.25) is 0 Å². The Kier molecular flexibility index (Phi) is 13.8. The minimum absolute atomic E-state index is 0.845. The lowest BCUT2D eigenvalue weighted by Gasteiger charge is -2.29. The highest BCUT2D eigenvalue weighted by Crippen LogP contribution is 2.01. The standard InChI is InChI=1S/C10H24NO2.C2H6/c1-11(2,8-10-13-4)7-5-6-9-12-3;1-2/h5-10H2,1-4H3;1-2H3/q+1;. The zero-order chi connectivity index (χ0) is 12.2. The van der Waals surface area contributed by atoms with E-state index in [0.29, 0.717) is 0 Å². The van der Waals surface area contributed by atoms with E-state index in [1.54, 1.807) is 14.2 Å². The van der Waals surface area contributed by atoms with Crippen molar-refractivity contribution in [1.82, 2.24) is 0 Å². The molecule has 0 aromatic heterocycles. The van der Waals surface area contributed by atoms with Crippen LogP contribution in [0.1, 0.15) is 26.7 Å². The lowest BCUT2D eigenvalue weighted by molar-refractivity contribution is -0.890. The maximum atomic E-state index is 5.06. The summed E-state index contributed by atoms with van der Waals surface area (Å²) in [6, 6.07) is 0. The van der Waals surface area contributed by atoms with Gasteiger partial charge in [0.15, 0.2) is 0 Å². The van der Waals surface area contributed by atoms with E-state index in [4.69, 9.17) is 9.47 Å². The lowest BCUT2D eigenvalue weighted by atomic mass is 10.3. The molecule has 0 saturated heterocycles. The Bertz CT molecular complexity index is 116. The Labute approximate surface area is 96.0 Å². The minimum atomic E-state index is 0.845. The van der Waals surface area contributed by atoms with Crippen molar-refractivity contribution in [2.75, 3.05) is 54.6 Å². The van der Waals surface area contributed by atoms with Crippen molar-refractivity contribution in [1.29, 1.82) is 0 Å². The molecule has 0 spiro atoms. The summed E-state index contributed by atoms with van der Waals surface area (Å²) in [6.45, 7) is 8.01. The van der Waals surface area contributed by atoms with Crippen LogP contribution in [0.25, 0.3) is 0 Å². The molecule has 0 atom stereocenters. The molecule has 15 heavy (non-hydrogen) atoms. The van der Waals surface area contributed by atoms with Crippen LogP contribution in [0, 0.1) is 0 Å². The highest BCUT2D eigenvalue weighted by Gasteiger charge is 2.13. The molecule has 0 amide bonds. The summed E-state index contributed by atoms with van der Waals surface area (Å²) < 4.78 is 11.1. The number of ether oxygens (including phenoxy) is 2. The van der Waals surface area contributed by atoms with Crippen LogP contribution >= 0.6 is 0 Å². The Balaban J connectivity index is 0. The molecule has 3 heteroatoms. The van der Waals surface area contributed by atoms with Gasteiger partial charge >= 0.3 is 0 Å². The van der Waals surface area contributed by atoms with E-state index < -0.39 is 0 Å². The van der Waals surface area contributed by atoms with Gasteiger partial charge in [0.1, 0.15) is 6.54 Å². The number of hydrogen-bond donors (Lipinski definition) is 0. The molecule has 0 radical (unpaired) electrons. The summed E-state index contributed by atoms with van der Waals surface area (Å²) >= 11 is 0. The van der Waals surface area contributed by atoms with Crippen LogP contribution in [-0.4, -0.2) is 59.1 Å². The SMILES string of the molecule is CC.COCCCC[N+](C)(C)CCOC. The summed E-state index contributed by atoms with van der Waals surface area (Å²) in [6.07, 6.45) is 2.38. The number of quaternary nitrogens is 1. The van der Waals surface area contributed by atoms with Gasteiger partial charge in [-0.2, -0.15) is 0 Å². The van der Waals surface area contributed by atoms with Crippen molar-refractivity contribution >= 4 is 0 Å². The molecule has 0 rings (SSSR count). The fraction of sp³-hybridized carbons (Fsp3) is 1.00. The van der Waals surface area contributed by atoms with Gasteiger partial charge in [0.25, 0.3) is 0 Å². The maximum Gasteiger partial charge on any atom is 0.102 e. The van der Waals surface area contributed by atoms with Crippen molar-refractivity contribution in [3.8, 4) is 0 Å². The summed E-state index contributed by atoms with van der Waals surface area (Å²) in [4.78, 5) is 0. The monoisotopic (exact) mass is 220 g/mol. The van der Waals surface area contributed by atoms with Crippen molar-refractivity contribution in [2.45, 2.75) is 26.7 Å². The number of unbranched alkanes of at least 4 members (excludes halogenated alkanes) is 1. The number of likely N-dealkylation sites (N-methyl/N-ethyl adjacent to an activating group) is 1. The highest BCUT2D eigenvalue weighted by atomic mass is 16.5. The fourth-order valence-electron chi connectivity index (χ4n) is 1.24. The largest absolute Gasteiger partial charge is 0.385 e. The molecule has 94 valence electrons. The first-order valence-electron chi connectivity index (χ1n) is 5.92. The Morgan fingerprint density at radius 1 is 0.800 bits per heavy atom. The van der Waals surface area contributed by atoms with Crippen LogP contribution in [0.4, 0.5) is 0 Å². The Morgan fingerprint density at radius 3 is 1.80 bits per heavy atom. The van der Waals surface area contributed by atoms with E-state index in [0.717, 1.165) is 30.7 Å². The van der Waals surface area contributed by atoms with Crippen LogP contribution in [0.3, 0.4) is 0 Å². The molecule has 0 aromatic carbocycles. The zero-order valence-electron chi connectivity index (χ0n) is 11.5. The van der Waals surface area contributed by atoms with Crippen LogP contribution in [0.2, 0.25) is 0 Å². The summed E-state index contributed by atoms with van der Waals surface area (Å²) in [5, 5.41) is 0. The summed E-state index contributed by atoms with van der Waals surface area (Å²) in [5.74, 6) is 0. The van der Waals surface area contributed by atoms with Gasteiger partial charge in [-0.15, -0.1) is 0 Å². The van der Waals surface area contributed by atoms with Crippen LogP contribution in [0.15, 0.2) is 0 Å². The van der Waals surface area contributed by atoms with Crippen molar-refractivity contribution in [2.24, 2.45) is 0 Å². The van der Waals surface area contributed by atoms with E-state index in [-0.39, 0.29) is 0 Å². The van der Waals surface area contributed by atoms with Crippen molar-refractivity contribution in [3.05, 3.63) is 0 Å². The van der Waals surface area contributed by atoms with Gasteiger partial charge in [-0.25, -0.2) is 0 Å². The molecule has 0 aliphatic rings. The molecule has 0 bridgehead atoms. The molecule has 0 heterocycles. The molecular formula is C12H30NO2+. The van der Waals surface area contributed by atoms with Gasteiger partial charge in [-0.1, -0.05) is 13.8 Å². The molecule has 0 fully saturated rings. The normalized spacial score (nSPS) is 10.8. The topological polar surface area (TPSA) is 18.5 Å². The van der Waals surface area contributed by atoms with Crippen LogP contribution < -0.4 is 0 Å². The third kappa shape index (κ3) is 13.9. The fourth-order valence-corrected chi connectivity index (χ4v) is 1.24. The smallest absolute Gasteiger partial charge is 0.102 e. The average Bonchev–Trinajstić information content (AvgIpc) is 2.25. The third-order valence-corrected chi connectivity index (χ3v) is 2.26. The second-order valence-corrected chi connectivity index (χ2v) is 4.08. The number of rotatable bonds is 8. The maximum absolute atomic E-state index is 5.06. The molecule has 0 aliphatic carbocycles. The number of methoxy groups -OCH3 is 2. The van der Waals surface area contributed by atoms with Gasteiger partial charge < -0.3 is 14.0 Å². The third-order valence-electron chi connectivity index (χ3n) is 2.26. The lowest BCUT2D eigenvalue weighted by Crippen LogP contribution is -2.43. The summed E-state index contributed by atoms with van der Waals surface area (Å²) in [5.41, 5.74) is 0. The van der Waals surface area contributed by atoms with Gasteiger partial charge in [-0.05, 0) is 12.8 Å². The second-order valence-electron chi connectivity index (χ2n) is 4.08. The molecule has 0 aliphatic heterocycles. The van der Waals surface area contributed by atoms with Crippen molar-refractivity contribution < 1.29 is 14.0 Å². The van der Waals surface area contributed by atoms with Crippen LogP contribution in [0.5, 0.6) is 0 Å². The van der Waals surface area contributed by atoms with E-state index in [1.807, 2.05) is 13.8 Å². The molecule has 3 nitrogen and oxygen atoms in total. The first-order valence-corrected chi connectivity index (χ1v) is 5.92. The van der Waals surface area contributed by atoms with E-state index in [9.17, 15) is 0 Å². The molecular weight excluding hydrogens is 190 g/mol. The molecule has 0 N–H and O–H groups in total. The van der Waals surface area contributed by atoms with Gasteiger partial charge in [0, 0.05) is 20.8 Å².